The minimum Gasteiger partial charge on any atom is -0.748 e. The molecule has 176 valence electrons. The maximum absolute atomic E-state index is 12.4. The van der Waals surface area contributed by atoms with Crippen LogP contribution in [0.15, 0.2) is 24.3 Å². The summed E-state index contributed by atoms with van der Waals surface area (Å²) >= 11 is 0. The second-order valence-electron chi connectivity index (χ2n) is 7.63. The van der Waals surface area contributed by atoms with Crippen LogP contribution in [0, 0.1) is 11.8 Å². The third kappa shape index (κ3) is 14.8. The zero-order chi connectivity index (χ0) is 23.4. The number of aliphatic carboxylic acids is 1. The molecule has 0 amide bonds. The first-order valence-electron chi connectivity index (χ1n) is 10.6. The Hall–Kier alpha value is -0.130. The minimum absolute atomic E-state index is 0. The molecule has 0 N–H and O–H groups in total. The van der Waals surface area contributed by atoms with Gasteiger partial charge in [-0.3, -0.25) is 4.79 Å². The molecular formula is C22H32Na2O8S. The molecule has 1 aromatic carbocycles. The Kier molecular flexibility index (Phi) is 19.3. The molecule has 0 aliphatic carbocycles. The van der Waals surface area contributed by atoms with Crippen LogP contribution >= 0.6 is 0 Å². The number of carboxylic acid groups (broad SMARTS) is 1. The summed E-state index contributed by atoms with van der Waals surface area (Å²) in [5.41, 5.74) is 0.973. The Morgan fingerprint density at radius 2 is 1.61 bits per heavy atom. The van der Waals surface area contributed by atoms with E-state index in [2.05, 4.69) is 0 Å². The molecule has 0 radical (unpaired) electrons. The molecule has 1 aromatic rings. The predicted molar refractivity (Wildman–Crippen MR) is 112 cm³/mol. The first kappa shape index (κ1) is 35.0. The number of carbonyl (C=O) groups excluding carboxylic acids is 2. The number of ether oxygens (including phenoxy) is 2. The number of unbranched alkanes of at least 4 members (excludes halogenated alkanes) is 1. The van der Waals surface area contributed by atoms with Gasteiger partial charge in [0.2, 0.25) is 0 Å². The largest absolute Gasteiger partial charge is 1.00 e. The molecule has 0 heterocycles. The van der Waals surface area contributed by atoms with Gasteiger partial charge in [0, 0.05) is 11.7 Å². The fourth-order valence-corrected chi connectivity index (χ4v) is 3.91. The van der Waals surface area contributed by atoms with Crippen LogP contribution in [0.4, 0.5) is 0 Å². The summed E-state index contributed by atoms with van der Waals surface area (Å²) in [7, 11) is -4.19. The van der Waals surface area contributed by atoms with Crippen molar-refractivity contribution in [3.05, 3.63) is 29.8 Å². The summed E-state index contributed by atoms with van der Waals surface area (Å²) in [4.78, 5) is 23.7. The van der Waals surface area contributed by atoms with Crippen molar-refractivity contribution in [1.29, 1.82) is 0 Å². The van der Waals surface area contributed by atoms with Crippen LogP contribution in [0.2, 0.25) is 0 Å². The van der Waals surface area contributed by atoms with E-state index < -0.39 is 39.6 Å². The summed E-state index contributed by atoms with van der Waals surface area (Å²) in [5.74, 6) is -2.57. The molecule has 8 nitrogen and oxygen atoms in total. The fraction of sp³-hybridized carbons (Fsp3) is 0.636. The van der Waals surface area contributed by atoms with Crippen LogP contribution < -0.4 is 69.0 Å². The van der Waals surface area contributed by atoms with E-state index in [1.807, 2.05) is 19.1 Å². The van der Waals surface area contributed by atoms with Crippen LogP contribution in [-0.2, 0) is 24.4 Å². The molecule has 0 aliphatic rings. The number of rotatable bonds is 15. The van der Waals surface area contributed by atoms with Crippen LogP contribution in [0.25, 0.3) is 0 Å². The van der Waals surface area contributed by atoms with Crippen molar-refractivity contribution in [2.45, 2.75) is 58.8 Å². The van der Waals surface area contributed by atoms with E-state index in [0.29, 0.717) is 31.6 Å². The number of carbonyl (C=O) groups is 2. The van der Waals surface area contributed by atoms with E-state index in [9.17, 15) is 27.7 Å². The van der Waals surface area contributed by atoms with Gasteiger partial charge in [-0.1, -0.05) is 26.0 Å². The summed E-state index contributed by atoms with van der Waals surface area (Å²) in [6.45, 7) is 5.97. The van der Waals surface area contributed by atoms with E-state index in [1.54, 1.807) is 26.0 Å². The SMILES string of the molecule is CCOC(=O)C(CC(CC)C(=O)[O-])CC(C)c1ccc(OCCCCS(=O)(=O)[O-])cc1.[Na+].[Na+]. The van der Waals surface area contributed by atoms with Gasteiger partial charge in [-0.2, -0.15) is 0 Å². The maximum atomic E-state index is 12.4. The number of benzene rings is 1. The molecule has 0 aliphatic heterocycles. The summed E-state index contributed by atoms with van der Waals surface area (Å²) in [6.07, 6.45) is 1.73. The van der Waals surface area contributed by atoms with Gasteiger partial charge in [-0.15, -0.1) is 0 Å². The molecule has 0 aromatic heterocycles. The molecular weight excluding hydrogens is 470 g/mol. The molecule has 1 rings (SSSR count). The fourth-order valence-electron chi connectivity index (χ4n) is 3.35. The summed E-state index contributed by atoms with van der Waals surface area (Å²) < 4.78 is 42.4. The molecule has 0 bridgehead atoms. The van der Waals surface area contributed by atoms with Gasteiger partial charge in [0.1, 0.15) is 5.75 Å². The third-order valence-electron chi connectivity index (χ3n) is 5.16. The van der Waals surface area contributed by atoms with Crippen molar-refractivity contribution in [2.24, 2.45) is 11.8 Å². The molecule has 0 saturated heterocycles. The van der Waals surface area contributed by atoms with Crippen LogP contribution in [0.5, 0.6) is 5.75 Å². The van der Waals surface area contributed by atoms with Crippen LogP contribution in [0.3, 0.4) is 0 Å². The first-order chi connectivity index (χ1) is 14.6. The predicted octanol–water partition coefficient (Wildman–Crippen LogP) is -3.76. The van der Waals surface area contributed by atoms with E-state index in [4.69, 9.17) is 9.47 Å². The van der Waals surface area contributed by atoms with Gasteiger partial charge < -0.3 is 23.9 Å². The average molecular weight is 503 g/mol. The van der Waals surface area contributed by atoms with Crippen molar-refractivity contribution in [2.75, 3.05) is 19.0 Å². The second-order valence-corrected chi connectivity index (χ2v) is 9.16. The Morgan fingerprint density at radius 1 is 1.00 bits per heavy atom. The number of hydrogen-bond donors (Lipinski definition) is 0. The molecule has 0 fully saturated rings. The minimum atomic E-state index is -4.19. The van der Waals surface area contributed by atoms with E-state index in [1.165, 1.54) is 0 Å². The molecule has 11 heteroatoms. The van der Waals surface area contributed by atoms with Gasteiger partial charge in [-0.05, 0) is 68.6 Å². The number of carboxylic acids is 1. The van der Waals surface area contributed by atoms with E-state index in [0.717, 1.165) is 5.56 Å². The van der Waals surface area contributed by atoms with E-state index in [-0.39, 0.29) is 84.5 Å². The first-order valence-corrected chi connectivity index (χ1v) is 12.2. The molecule has 3 atom stereocenters. The molecule has 0 spiro atoms. The van der Waals surface area contributed by atoms with Crippen molar-refractivity contribution in [1.82, 2.24) is 0 Å². The smallest absolute Gasteiger partial charge is 0.748 e. The van der Waals surface area contributed by atoms with Crippen molar-refractivity contribution in [3.63, 3.8) is 0 Å². The maximum Gasteiger partial charge on any atom is 1.00 e. The monoisotopic (exact) mass is 502 g/mol. The zero-order valence-electron chi connectivity index (χ0n) is 20.4. The van der Waals surface area contributed by atoms with Crippen molar-refractivity contribution in [3.8, 4) is 5.75 Å². The number of hydrogen-bond acceptors (Lipinski definition) is 8. The Balaban J connectivity index is 0. The quantitative estimate of drug-likeness (QED) is 0.103. The average Bonchev–Trinajstić information content (AvgIpc) is 2.70. The van der Waals surface area contributed by atoms with Gasteiger partial charge in [0.05, 0.1) is 29.2 Å². The topological polar surface area (TPSA) is 133 Å². The molecule has 0 saturated carbocycles. The second kappa shape index (κ2) is 18.2. The van der Waals surface area contributed by atoms with Crippen molar-refractivity contribution < 1.29 is 96.3 Å². The third-order valence-corrected chi connectivity index (χ3v) is 5.95. The summed E-state index contributed by atoms with van der Waals surface area (Å²) in [6, 6.07) is 7.32. The Bertz CT molecular complexity index is 799. The van der Waals surface area contributed by atoms with Crippen molar-refractivity contribution >= 4 is 22.1 Å². The normalized spacial score (nSPS) is 13.6. The Morgan fingerprint density at radius 3 is 2.09 bits per heavy atom. The van der Waals surface area contributed by atoms with Gasteiger partial charge >= 0.3 is 65.1 Å². The van der Waals surface area contributed by atoms with Crippen LogP contribution in [-0.4, -0.2) is 43.9 Å². The van der Waals surface area contributed by atoms with Gasteiger partial charge in [0.25, 0.3) is 0 Å². The molecule has 3 unspecified atom stereocenters. The van der Waals surface area contributed by atoms with Crippen LogP contribution in [0.1, 0.15) is 64.4 Å². The van der Waals surface area contributed by atoms with Gasteiger partial charge in [0.15, 0.2) is 0 Å². The Labute approximate surface area is 241 Å². The van der Waals surface area contributed by atoms with Gasteiger partial charge in [-0.25, -0.2) is 8.42 Å². The van der Waals surface area contributed by atoms with E-state index >= 15 is 0 Å². The standard InChI is InChI=1S/C22H34O8S.2Na/c1-4-17(21(23)24)15-19(22(25)29-5-2)14-16(3)18-8-10-20(11-9-18)30-12-6-7-13-31(26,27)28;;/h8-11,16-17,19H,4-7,12-15H2,1-3H3,(H,23,24)(H,26,27,28);;/q;2*+1/p-2. The zero-order valence-corrected chi connectivity index (χ0v) is 25.2. The number of esters is 1. The summed E-state index contributed by atoms with van der Waals surface area (Å²) in [5, 5.41) is 11.3. The molecule has 33 heavy (non-hydrogen) atoms.